The Labute approximate surface area is 203 Å². The van der Waals surface area contributed by atoms with Crippen molar-refractivity contribution < 1.29 is 0 Å². The van der Waals surface area contributed by atoms with Gasteiger partial charge in [0.1, 0.15) is 0 Å². The lowest BCUT2D eigenvalue weighted by atomic mass is 10.0. The fourth-order valence-corrected chi connectivity index (χ4v) is 6.28. The highest BCUT2D eigenvalue weighted by Gasteiger charge is 2.14. The zero-order valence-corrected chi connectivity index (χ0v) is 20.0. The molecule has 0 saturated heterocycles. The molecule has 7 rings (SSSR count). The quantitative estimate of drug-likeness (QED) is 0.221. The van der Waals surface area contributed by atoms with Crippen LogP contribution in [0.1, 0.15) is 0 Å². The molecule has 0 aliphatic rings. The van der Waals surface area contributed by atoms with E-state index < -0.39 is 0 Å². The van der Waals surface area contributed by atoms with Gasteiger partial charge in [0.2, 0.25) is 0 Å². The van der Waals surface area contributed by atoms with E-state index in [2.05, 4.69) is 130 Å². The number of para-hydroxylation sites is 1. The van der Waals surface area contributed by atoms with Crippen LogP contribution in [0.4, 0.5) is 0 Å². The minimum Gasteiger partial charge on any atom is -0.309 e. The van der Waals surface area contributed by atoms with Crippen LogP contribution in [0, 0.1) is 0 Å². The average molecular weight is 504 g/mol. The summed E-state index contributed by atoms with van der Waals surface area (Å²) in [5.74, 6) is 0. The van der Waals surface area contributed by atoms with Gasteiger partial charge in [-0.15, -0.1) is 11.3 Å². The molecule has 0 radical (unpaired) electrons. The molecule has 0 bridgehead atoms. The Morgan fingerprint density at radius 1 is 0.515 bits per heavy atom. The van der Waals surface area contributed by atoms with Crippen LogP contribution in [0.5, 0.6) is 0 Å². The van der Waals surface area contributed by atoms with Crippen molar-refractivity contribution in [1.29, 1.82) is 0 Å². The van der Waals surface area contributed by atoms with Crippen LogP contribution < -0.4 is 0 Å². The molecule has 0 amide bonds. The van der Waals surface area contributed by atoms with Gasteiger partial charge in [-0.1, -0.05) is 70.5 Å². The van der Waals surface area contributed by atoms with Crippen LogP contribution in [0.25, 0.3) is 58.8 Å². The maximum atomic E-state index is 3.55. The van der Waals surface area contributed by atoms with Crippen LogP contribution in [0.3, 0.4) is 0 Å². The molecule has 0 unspecified atom stereocenters. The monoisotopic (exact) mass is 503 g/mol. The highest BCUT2D eigenvalue weighted by Crippen LogP contribution is 2.38. The number of hydrogen-bond donors (Lipinski definition) is 0. The van der Waals surface area contributed by atoms with Crippen LogP contribution in [-0.4, -0.2) is 4.57 Å². The number of halogens is 1. The minimum atomic E-state index is 1.10. The first-order valence-electron chi connectivity index (χ1n) is 11.0. The molecule has 156 valence electrons. The molecule has 0 aliphatic heterocycles. The predicted molar refractivity (Wildman–Crippen MR) is 147 cm³/mol. The fraction of sp³-hybridized carbons (Fsp3) is 0. The minimum absolute atomic E-state index is 1.10. The van der Waals surface area contributed by atoms with Crippen molar-refractivity contribution in [2.24, 2.45) is 0 Å². The third kappa shape index (κ3) is 2.97. The molecule has 2 aromatic heterocycles. The summed E-state index contributed by atoms with van der Waals surface area (Å²) in [4.78, 5) is 0. The van der Waals surface area contributed by atoms with Crippen molar-refractivity contribution in [1.82, 2.24) is 4.57 Å². The van der Waals surface area contributed by atoms with Gasteiger partial charge in [-0.25, -0.2) is 0 Å². The molecule has 0 spiro atoms. The van der Waals surface area contributed by atoms with E-state index in [1.165, 1.54) is 58.8 Å². The molecule has 5 aromatic carbocycles. The standard InChI is InChI=1S/C30H18BrNS/c31-21-12-9-19(10-13-21)20-11-15-28-25(17-20)23-5-1-3-7-27(23)32(28)22-14-16-30-26(18-22)24-6-2-4-8-29(24)33-30/h1-18H. The SMILES string of the molecule is Brc1ccc(-c2ccc3c(c2)c2ccccc2n3-c2ccc3sc4ccccc4c3c2)cc1. The van der Waals surface area contributed by atoms with Gasteiger partial charge in [-0.05, 0) is 65.7 Å². The lowest BCUT2D eigenvalue weighted by Gasteiger charge is -2.09. The van der Waals surface area contributed by atoms with Gasteiger partial charge in [0.05, 0.1) is 11.0 Å². The Bertz CT molecular complexity index is 1820. The Hall–Kier alpha value is -3.40. The molecular weight excluding hydrogens is 486 g/mol. The summed E-state index contributed by atoms with van der Waals surface area (Å²) < 4.78 is 6.17. The Balaban J connectivity index is 1.51. The Kier molecular flexibility index (Phi) is 4.23. The summed E-state index contributed by atoms with van der Waals surface area (Å²) in [5.41, 5.74) is 6.13. The fourth-order valence-electron chi connectivity index (χ4n) is 4.93. The largest absolute Gasteiger partial charge is 0.309 e. The van der Waals surface area contributed by atoms with Crippen LogP contribution in [0.15, 0.2) is 114 Å². The summed E-state index contributed by atoms with van der Waals surface area (Å²) in [6.45, 7) is 0. The topological polar surface area (TPSA) is 4.93 Å². The molecule has 0 aliphatic carbocycles. The number of benzene rings is 5. The van der Waals surface area contributed by atoms with E-state index in [4.69, 9.17) is 0 Å². The number of fused-ring (bicyclic) bond motifs is 6. The second-order valence-electron chi connectivity index (χ2n) is 8.37. The number of thiophene rings is 1. The number of hydrogen-bond acceptors (Lipinski definition) is 1. The normalized spacial score (nSPS) is 11.8. The summed E-state index contributed by atoms with van der Waals surface area (Å²) in [7, 11) is 0. The lowest BCUT2D eigenvalue weighted by molar-refractivity contribution is 1.19. The van der Waals surface area contributed by atoms with Crippen molar-refractivity contribution in [3.63, 3.8) is 0 Å². The third-order valence-corrected chi connectivity index (χ3v) is 8.15. The smallest absolute Gasteiger partial charge is 0.0541 e. The zero-order chi connectivity index (χ0) is 21.9. The van der Waals surface area contributed by atoms with Gasteiger partial charge < -0.3 is 4.57 Å². The van der Waals surface area contributed by atoms with Gasteiger partial charge in [0, 0.05) is 41.1 Å². The number of nitrogens with zero attached hydrogens (tertiary/aromatic N) is 1. The summed E-state index contributed by atoms with van der Waals surface area (Å²) in [6, 6.07) is 39.7. The van der Waals surface area contributed by atoms with Crippen molar-refractivity contribution >= 4 is 69.2 Å². The number of aromatic nitrogens is 1. The zero-order valence-electron chi connectivity index (χ0n) is 17.6. The van der Waals surface area contributed by atoms with E-state index in [1.54, 1.807) is 0 Å². The first-order chi connectivity index (χ1) is 16.3. The molecule has 2 heterocycles. The lowest BCUT2D eigenvalue weighted by Crippen LogP contribution is -1.93. The molecule has 1 nitrogen and oxygen atoms in total. The molecule has 0 saturated carbocycles. The van der Waals surface area contributed by atoms with Crippen molar-refractivity contribution in [2.75, 3.05) is 0 Å². The van der Waals surface area contributed by atoms with Crippen molar-refractivity contribution in [2.45, 2.75) is 0 Å². The maximum absolute atomic E-state index is 3.55. The van der Waals surface area contributed by atoms with Gasteiger partial charge in [-0.2, -0.15) is 0 Å². The Morgan fingerprint density at radius 3 is 2.09 bits per heavy atom. The van der Waals surface area contributed by atoms with E-state index in [0.717, 1.165) is 4.47 Å². The molecule has 0 N–H and O–H groups in total. The van der Waals surface area contributed by atoms with E-state index in [9.17, 15) is 0 Å². The van der Waals surface area contributed by atoms with Crippen molar-refractivity contribution in [3.8, 4) is 16.8 Å². The van der Waals surface area contributed by atoms with Gasteiger partial charge in [0.25, 0.3) is 0 Å². The van der Waals surface area contributed by atoms with E-state index in [-0.39, 0.29) is 0 Å². The first kappa shape index (κ1) is 19.1. The van der Waals surface area contributed by atoms with Crippen LogP contribution in [-0.2, 0) is 0 Å². The van der Waals surface area contributed by atoms with Crippen LogP contribution >= 0.6 is 27.3 Å². The summed E-state index contributed by atoms with van der Waals surface area (Å²) in [6.07, 6.45) is 0. The van der Waals surface area contributed by atoms with E-state index >= 15 is 0 Å². The Morgan fingerprint density at radius 2 is 1.21 bits per heavy atom. The summed E-state index contributed by atoms with van der Waals surface area (Å²) in [5, 5.41) is 5.21. The first-order valence-corrected chi connectivity index (χ1v) is 12.6. The highest BCUT2D eigenvalue weighted by molar-refractivity contribution is 9.10. The molecule has 33 heavy (non-hydrogen) atoms. The predicted octanol–water partition coefficient (Wildman–Crippen LogP) is 9.58. The molecular formula is C30H18BrNS. The van der Waals surface area contributed by atoms with Crippen LogP contribution in [0.2, 0.25) is 0 Å². The highest BCUT2D eigenvalue weighted by atomic mass is 79.9. The number of rotatable bonds is 2. The maximum Gasteiger partial charge on any atom is 0.0541 e. The second-order valence-corrected chi connectivity index (χ2v) is 10.4. The molecule has 0 atom stereocenters. The van der Waals surface area contributed by atoms with E-state index in [1.807, 2.05) is 11.3 Å². The summed E-state index contributed by atoms with van der Waals surface area (Å²) >= 11 is 5.41. The van der Waals surface area contributed by atoms with Crippen molar-refractivity contribution in [3.05, 3.63) is 114 Å². The third-order valence-electron chi connectivity index (χ3n) is 6.47. The molecule has 3 heteroatoms. The van der Waals surface area contributed by atoms with Gasteiger partial charge >= 0.3 is 0 Å². The van der Waals surface area contributed by atoms with Gasteiger partial charge in [-0.3, -0.25) is 0 Å². The average Bonchev–Trinajstić information content (AvgIpc) is 3.39. The van der Waals surface area contributed by atoms with Gasteiger partial charge in [0.15, 0.2) is 0 Å². The second kappa shape index (κ2) is 7.31. The molecule has 7 aromatic rings. The van der Waals surface area contributed by atoms with E-state index in [0.29, 0.717) is 0 Å². The molecule has 0 fully saturated rings.